The molecule has 16 nitrogen and oxygen atoms in total. The van der Waals surface area contributed by atoms with Crippen LogP contribution >= 0.6 is 0 Å². The highest BCUT2D eigenvalue weighted by Gasteiger charge is 2.43. The molecule has 15 aromatic carbocycles. The SMILES string of the molecule is CC(C)(C)c1ccc2c(c1)c1cc(C(C)(C)C)ccc1n2-c1c(-c2ccc3c(c2)S(=O)(=O)c2ccccc2C3=O)ccc2occc12.CC1(C)c2ccccc2N(c2oc3ccccc3c2-c2nc(-c3ccccc3)nc(-c3ccccc3)n2)c2ccccc21.O=S1(=O)c2ccccc2S(=O)(=O)c2cc(-c3oc4ccccc4c3-n3c4ccccc4c4ccccc43)ccc21. The summed E-state index contributed by atoms with van der Waals surface area (Å²) >= 11 is 0. The van der Waals surface area contributed by atoms with E-state index in [2.05, 4.69) is 173 Å². The van der Waals surface area contributed by atoms with Crippen LogP contribution in [0.2, 0.25) is 0 Å². The molecule has 634 valence electrons. The number of ketones is 1. The van der Waals surface area contributed by atoms with Crippen LogP contribution in [0.15, 0.2) is 395 Å². The third kappa shape index (κ3) is 12.8. The minimum atomic E-state index is -4.10. The van der Waals surface area contributed by atoms with Gasteiger partial charge in [0.05, 0.1) is 80.3 Å². The molecule has 0 unspecified atom stereocenters. The maximum atomic E-state index is 13.9. The molecule has 19 heteroatoms. The molecule has 0 amide bonds. The molecule has 0 atom stereocenters. The van der Waals surface area contributed by atoms with E-state index in [-0.39, 0.29) is 62.5 Å². The zero-order valence-electron chi connectivity index (χ0n) is 72.0. The molecule has 0 fully saturated rings. The average molecular weight is 1760 g/mol. The van der Waals surface area contributed by atoms with Crippen LogP contribution in [-0.2, 0) is 45.8 Å². The summed E-state index contributed by atoms with van der Waals surface area (Å²) in [6.45, 7) is 17.9. The molecule has 3 aliphatic rings. The Hall–Kier alpha value is -15.2. The molecule has 0 spiro atoms. The van der Waals surface area contributed by atoms with Crippen LogP contribution in [0.3, 0.4) is 0 Å². The van der Waals surface area contributed by atoms with Crippen molar-refractivity contribution in [3.8, 4) is 68.0 Å². The van der Waals surface area contributed by atoms with Crippen LogP contribution < -0.4 is 4.90 Å². The number of carbonyl (C=O) groups is 1. The highest BCUT2D eigenvalue weighted by molar-refractivity contribution is 7.97. The van der Waals surface area contributed by atoms with Gasteiger partial charge in [0, 0.05) is 76.5 Å². The Morgan fingerprint density at radius 1 is 0.315 bits per heavy atom. The van der Waals surface area contributed by atoms with Crippen molar-refractivity contribution in [2.75, 3.05) is 4.90 Å². The van der Waals surface area contributed by atoms with Crippen molar-refractivity contribution in [3.05, 3.63) is 385 Å². The lowest BCUT2D eigenvalue weighted by Crippen LogP contribution is -2.30. The van der Waals surface area contributed by atoms with E-state index in [1.54, 1.807) is 42.7 Å². The first kappa shape index (κ1) is 80.7. The first-order chi connectivity index (χ1) is 62.7. The topological polar surface area (TPSA) is 211 Å². The Bertz CT molecular complexity index is 8470. The lowest BCUT2D eigenvalue weighted by atomic mass is 9.73. The van der Waals surface area contributed by atoms with Crippen molar-refractivity contribution >= 4 is 129 Å². The number of hydrogen-bond donors (Lipinski definition) is 0. The van der Waals surface area contributed by atoms with E-state index < -0.39 is 29.5 Å². The normalized spacial score (nSPS) is 14.4. The molecule has 3 aliphatic heterocycles. The molecular weight excluding hydrogens is 1670 g/mol. The lowest BCUT2D eigenvalue weighted by molar-refractivity contribution is 0.103. The van der Waals surface area contributed by atoms with Gasteiger partial charge in [0.25, 0.3) is 0 Å². The van der Waals surface area contributed by atoms with Gasteiger partial charge < -0.3 is 22.4 Å². The van der Waals surface area contributed by atoms with Crippen molar-refractivity contribution in [1.29, 1.82) is 0 Å². The second-order valence-corrected chi connectivity index (χ2v) is 41.4. The van der Waals surface area contributed by atoms with Gasteiger partial charge in [-0.25, -0.2) is 40.2 Å². The zero-order valence-corrected chi connectivity index (χ0v) is 74.4. The number of aromatic nitrogens is 5. The summed E-state index contributed by atoms with van der Waals surface area (Å²) in [5.74, 6) is 2.63. The minimum Gasteiger partial charge on any atom is -0.464 e. The number of carbonyl (C=O) groups excluding carboxylic acids is 1. The van der Waals surface area contributed by atoms with Crippen LogP contribution in [0.1, 0.15) is 93.6 Å². The predicted molar refractivity (Wildman–Crippen MR) is 515 cm³/mol. The van der Waals surface area contributed by atoms with E-state index in [4.69, 9.17) is 28.2 Å². The second-order valence-electron chi connectivity index (χ2n) is 35.7. The third-order valence-corrected chi connectivity index (χ3v) is 31.3. The first-order valence-corrected chi connectivity index (χ1v) is 47.4. The number of hydrogen-bond acceptors (Lipinski definition) is 14. The maximum absolute atomic E-state index is 13.9. The zero-order chi connectivity index (χ0) is 89.2. The molecule has 9 heterocycles. The van der Waals surface area contributed by atoms with Gasteiger partial charge in [-0.1, -0.05) is 262 Å². The van der Waals surface area contributed by atoms with E-state index in [9.17, 15) is 30.0 Å². The Kier molecular flexibility index (Phi) is 18.6. The number of rotatable bonds is 8. The summed E-state index contributed by atoms with van der Waals surface area (Å²) in [7, 11) is -12.0. The summed E-state index contributed by atoms with van der Waals surface area (Å²) in [6, 6.07) is 110. The number of para-hydroxylation sites is 6. The predicted octanol–water partition coefficient (Wildman–Crippen LogP) is 27.1. The minimum absolute atomic E-state index is 0.0313. The molecule has 0 N–H and O–H groups in total. The molecule has 0 saturated carbocycles. The number of nitrogens with zero attached hydrogens (tertiary/aromatic N) is 6. The van der Waals surface area contributed by atoms with Gasteiger partial charge in [-0.15, -0.1) is 0 Å². The van der Waals surface area contributed by atoms with Crippen LogP contribution in [0.5, 0.6) is 0 Å². The molecule has 6 aromatic heterocycles. The number of fused-ring (bicyclic) bond motifs is 15. The monoisotopic (exact) mass is 1750 g/mol. The summed E-state index contributed by atoms with van der Waals surface area (Å²) in [4.78, 5) is 30.0. The van der Waals surface area contributed by atoms with E-state index >= 15 is 0 Å². The highest BCUT2D eigenvalue weighted by Crippen LogP contribution is 2.56. The first-order valence-electron chi connectivity index (χ1n) is 43.0. The van der Waals surface area contributed by atoms with Crippen molar-refractivity contribution in [3.63, 3.8) is 0 Å². The quantitative estimate of drug-likeness (QED) is 0.139. The third-order valence-electron chi connectivity index (χ3n) is 25.5. The van der Waals surface area contributed by atoms with Gasteiger partial charge in [0.1, 0.15) is 22.4 Å². The van der Waals surface area contributed by atoms with Crippen molar-refractivity contribution in [2.24, 2.45) is 0 Å². The van der Waals surface area contributed by atoms with Crippen molar-refractivity contribution in [1.82, 2.24) is 24.1 Å². The van der Waals surface area contributed by atoms with Gasteiger partial charge in [-0.2, -0.15) is 0 Å². The number of benzene rings is 15. The molecule has 0 aliphatic carbocycles. The van der Waals surface area contributed by atoms with E-state index in [0.717, 1.165) is 116 Å². The molecule has 0 bridgehead atoms. The second kappa shape index (κ2) is 30.0. The van der Waals surface area contributed by atoms with E-state index in [1.807, 2.05) is 164 Å². The molecule has 24 rings (SSSR count). The van der Waals surface area contributed by atoms with Crippen LogP contribution in [0, 0.1) is 0 Å². The number of furan rings is 3. The molecule has 0 saturated heterocycles. The van der Waals surface area contributed by atoms with Gasteiger partial charge in [-0.3, -0.25) is 9.69 Å². The lowest BCUT2D eigenvalue weighted by Gasteiger charge is -2.41. The summed E-state index contributed by atoms with van der Waals surface area (Å²) in [5.41, 5.74) is 19.7. The summed E-state index contributed by atoms with van der Waals surface area (Å²) < 4.78 is 106. The smallest absolute Gasteiger partial charge is 0.216 e. The Morgan fingerprint density at radius 3 is 1.34 bits per heavy atom. The van der Waals surface area contributed by atoms with Gasteiger partial charge in [0.15, 0.2) is 29.0 Å². The fourth-order valence-electron chi connectivity index (χ4n) is 19.0. The maximum Gasteiger partial charge on any atom is 0.216 e. The van der Waals surface area contributed by atoms with Crippen molar-refractivity contribution < 1.29 is 43.3 Å². The fraction of sp³-hybridized carbons (Fsp3) is 0.0991. The molecule has 0 radical (unpaired) electrons. The highest BCUT2D eigenvalue weighted by atomic mass is 32.2. The number of sulfone groups is 3. The van der Waals surface area contributed by atoms with Gasteiger partial charge in [-0.05, 0) is 178 Å². The van der Waals surface area contributed by atoms with Gasteiger partial charge >= 0.3 is 0 Å². The van der Waals surface area contributed by atoms with Crippen molar-refractivity contribution in [2.45, 2.75) is 101 Å². The average Bonchev–Trinajstić information content (AvgIpc) is 1.21. The van der Waals surface area contributed by atoms with E-state index in [0.29, 0.717) is 45.8 Å². The number of anilines is 3. The van der Waals surface area contributed by atoms with Gasteiger partial charge in [0.2, 0.25) is 35.4 Å². The summed E-state index contributed by atoms with van der Waals surface area (Å²) in [5, 5.41) is 7.16. The van der Waals surface area contributed by atoms with Crippen LogP contribution in [-0.4, -0.2) is 55.1 Å². The summed E-state index contributed by atoms with van der Waals surface area (Å²) in [6.07, 6.45) is 1.69. The Labute approximate surface area is 750 Å². The van der Waals surface area contributed by atoms with Crippen LogP contribution in [0.4, 0.5) is 17.3 Å². The Morgan fingerprint density at radius 2 is 0.746 bits per heavy atom. The van der Waals surface area contributed by atoms with E-state index in [1.165, 1.54) is 64.7 Å². The molecule has 21 aromatic rings. The largest absolute Gasteiger partial charge is 0.464 e. The standard InChI is InChI=1S/C41H35NO4S.C38H28N4O.C32H19NO5S2/c1-40(2,3)25-12-16-33-31(22-25)32-23-26(41(4,5)6)13-17-34(32)42(33)38-27(15-18-35-28(38)19-20-46-35)24-11-14-30-37(21-24)47(44,45)36-10-8-7-9-29(36)39(30)43;1-38(2)28-20-10-12-22-30(28)42(31-23-13-11-21-29(31)38)37-33(27-19-9-14-24-32(27)43-37)36-40-34(25-15-5-3-6-16-25)39-35(41-36)26-17-7-4-8-18-26;34-39(35)27-15-7-8-16-28(27)40(36,37)30-19-20(17-18-29(30)39)32-31(23-11-3-6-14-26(23)38-32)33-24-12-4-1-9-21(24)22-10-2-5-13-25(22)33/h7-23H,1-6H3;3-24H,1-2H3;1-19H. The molecule has 130 heavy (non-hydrogen) atoms. The Balaban J connectivity index is 0.000000115. The fourth-order valence-corrected chi connectivity index (χ4v) is 24.8. The molecular formula is C111H82N6O10S3. The van der Waals surface area contributed by atoms with Crippen LogP contribution in [0.25, 0.3) is 145 Å².